The van der Waals surface area contributed by atoms with Crippen LogP contribution in [0.3, 0.4) is 0 Å². The predicted molar refractivity (Wildman–Crippen MR) is 211 cm³/mol. The third kappa shape index (κ3) is 7.59. The Morgan fingerprint density at radius 1 is 0.696 bits per heavy atom. The number of fused-ring (bicyclic) bond motifs is 6. The monoisotopic (exact) mass is 772 g/mol. The van der Waals surface area contributed by atoms with Gasteiger partial charge >= 0.3 is 0 Å². The van der Waals surface area contributed by atoms with Crippen molar-refractivity contribution in [1.82, 2.24) is 0 Å². The zero-order chi connectivity index (χ0) is 38.7. The van der Waals surface area contributed by atoms with Crippen LogP contribution in [0.1, 0.15) is 104 Å². The van der Waals surface area contributed by atoms with Gasteiger partial charge in [-0.2, -0.15) is 0 Å². The lowest BCUT2D eigenvalue weighted by molar-refractivity contribution is -0.345. The highest BCUT2D eigenvalue weighted by atomic mass is 16.6. The van der Waals surface area contributed by atoms with Crippen molar-refractivity contribution < 1.29 is 42.6 Å². The normalized spacial score (nSPS) is 46.0. The van der Waals surface area contributed by atoms with Crippen molar-refractivity contribution in [3.05, 3.63) is 83.4 Å². The van der Waals surface area contributed by atoms with Crippen LogP contribution in [0, 0.1) is 5.92 Å². The molecule has 9 heteroatoms. The van der Waals surface area contributed by atoms with Gasteiger partial charge in [0.1, 0.15) is 6.10 Å². The van der Waals surface area contributed by atoms with Gasteiger partial charge in [-0.05, 0) is 76.5 Å². The molecule has 0 unspecified atom stereocenters. The molecule has 7 aliphatic heterocycles. The predicted octanol–water partition coefficient (Wildman–Crippen LogP) is 8.06. The average Bonchev–Trinajstić information content (AvgIpc) is 3.39. The zero-order valence-corrected chi connectivity index (χ0v) is 34.4. The van der Waals surface area contributed by atoms with Crippen molar-refractivity contribution >= 4 is 0 Å². The van der Waals surface area contributed by atoms with Crippen LogP contribution in [-0.4, -0.2) is 96.7 Å². The Bertz CT molecular complexity index is 1690. The Morgan fingerprint density at radius 2 is 1.43 bits per heavy atom. The maximum absolute atomic E-state index is 7.36. The van der Waals surface area contributed by atoms with E-state index in [0.717, 1.165) is 50.5 Å². The van der Waals surface area contributed by atoms with Crippen LogP contribution in [0.15, 0.2) is 72.3 Å². The summed E-state index contributed by atoms with van der Waals surface area (Å²) in [5.74, 6) is 0.249. The number of benzene rings is 2. The molecule has 0 saturated carbocycles. The third-order valence-electron chi connectivity index (χ3n) is 14.6. The molecule has 306 valence electrons. The Hall–Kier alpha value is -2.18. The van der Waals surface area contributed by atoms with Gasteiger partial charge in [-0.3, -0.25) is 0 Å². The van der Waals surface area contributed by atoms with Crippen LogP contribution >= 0.6 is 0 Å². The number of hydrogen-bond donors (Lipinski definition) is 0. The molecular formula is C47H64O9. The van der Waals surface area contributed by atoms with Crippen LogP contribution in [0.4, 0.5) is 0 Å². The summed E-state index contributed by atoms with van der Waals surface area (Å²) in [4.78, 5) is 0. The van der Waals surface area contributed by atoms with E-state index in [2.05, 4.69) is 96.1 Å². The molecule has 0 radical (unpaired) electrons. The standard InChI is InChI=1S/C47H64O9/c1-30-18-21-49-36-24-38-46(5,55-43(30)36)26-37-35(52-38)23-31(2)42-34(51-37)17-19-45(4)39(53-42)25-40-47(6,56-45)27-41(50-29-33-15-11-8-12-16-33)44(3,54-40)20-22-48-28-32-13-9-7-10-14-32/h7-16,18,31,34-43H,17,19-29H2,1-6H3/t31-,34+,35+,36+,37-,38-,39+,40-,41-,42-,43-,44+,45+,46+,47+/m1/s1. The van der Waals surface area contributed by atoms with E-state index in [1.807, 2.05) is 12.1 Å². The Morgan fingerprint density at radius 3 is 2.20 bits per heavy atom. The molecule has 0 N–H and O–H groups in total. The van der Waals surface area contributed by atoms with Gasteiger partial charge in [0.25, 0.3) is 0 Å². The van der Waals surface area contributed by atoms with Crippen molar-refractivity contribution in [2.75, 3.05) is 13.2 Å². The molecule has 6 fully saturated rings. The average molecular weight is 773 g/mol. The van der Waals surface area contributed by atoms with Crippen LogP contribution in [0.5, 0.6) is 0 Å². The minimum absolute atomic E-state index is 0.00410. The van der Waals surface area contributed by atoms with E-state index in [9.17, 15) is 0 Å². The molecule has 9 rings (SSSR count). The number of hydrogen-bond acceptors (Lipinski definition) is 9. The summed E-state index contributed by atoms with van der Waals surface area (Å²) in [6.07, 6.45) is 7.89. The second kappa shape index (κ2) is 15.4. The number of rotatable bonds is 8. The molecule has 2 aromatic carbocycles. The van der Waals surface area contributed by atoms with Gasteiger partial charge in [-0.15, -0.1) is 0 Å². The van der Waals surface area contributed by atoms with E-state index in [4.69, 9.17) is 42.6 Å². The first kappa shape index (κ1) is 39.3. The van der Waals surface area contributed by atoms with Crippen molar-refractivity contribution in [2.45, 2.75) is 190 Å². The first-order valence-electron chi connectivity index (χ1n) is 21.5. The molecule has 6 saturated heterocycles. The lowest BCUT2D eigenvalue weighted by atomic mass is 9.73. The summed E-state index contributed by atoms with van der Waals surface area (Å²) in [5, 5.41) is 0. The first-order chi connectivity index (χ1) is 26.9. The van der Waals surface area contributed by atoms with E-state index in [-0.39, 0.29) is 67.0 Å². The molecule has 0 aliphatic carbocycles. The molecule has 56 heavy (non-hydrogen) atoms. The van der Waals surface area contributed by atoms with E-state index in [1.54, 1.807) is 0 Å². The Labute approximate surface area is 334 Å². The topological polar surface area (TPSA) is 83.1 Å². The molecule has 7 aliphatic rings. The molecule has 0 spiro atoms. The van der Waals surface area contributed by atoms with Crippen molar-refractivity contribution in [3.8, 4) is 0 Å². The van der Waals surface area contributed by atoms with Crippen molar-refractivity contribution in [1.29, 1.82) is 0 Å². The van der Waals surface area contributed by atoms with E-state index in [1.165, 1.54) is 11.1 Å². The van der Waals surface area contributed by atoms with E-state index >= 15 is 0 Å². The maximum Gasteiger partial charge on any atom is 0.105 e. The largest absolute Gasteiger partial charge is 0.377 e. The van der Waals surface area contributed by atoms with Crippen molar-refractivity contribution in [3.63, 3.8) is 0 Å². The fourth-order valence-corrected chi connectivity index (χ4v) is 11.1. The second-order valence-corrected chi connectivity index (χ2v) is 19.0. The smallest absolute Gasteiger partial charge is 0.105 e. The molecule has 7 heterocycles. The highest BCUT2D eigenvalue weighted by Crippen LogP contribution is 2.53. The summed E-state index contributed by atoms with van der Waals surface area (Å²) in [6.45, 7) is 15.7. The fraction of sp³-hybridized carbons (Fsp3) is 0.702. The van der Waals surface area contributed by atoms with Crippen LogP contribution < -0.4 is 0 Å². The Kier molecular flexibility index (Phi) is 10.8. The molecule has 0 amide bonds. The van der Waals surface area contributed by atoms with Gasteiger partial charge in [0.2, 0.25) is 0 Å². The van der Waals surface area contributed by atoms with Crippen LogP contribution in [0.2, 0.25) is 0 Å². The third-order valence-corrected chi connectivity index (χ3v) is 14.6. The first-order valence-corrected chi connectivity index (χ1v) is 21.5. The van der Waals surface area contributed by atoms with E-state index in [0.29, 0.717) is 32.8 Å². The summed E-state index contributed by atoms with van der Waals surface area (Å²) >= 11 is 0. The SMILES string of the molecule is CC1=CCO[C@H]2C[C@H]3O[C@H]4C[C@@H](C)[C@H]5O[C@H]6C[C@H]7O[C@@](C)(CCOCc8ccccc8)[C@H](OCc8ccccc8)C[C@]7(C)O[C@@]6(C)CC[C@@H]5O[C@@H]4C[C@]3(C)O[C@H]12. The summed E-state index contributed by atoms with van der Waals surface area (Å²) in [6, 6.07) is 20.7. The lowest BCUT2D eigenvalue weighted by Crippen LogP contribution is -2.69. The highest BCUT2D eigenvalue weighted by Gasteiger charge is 2.62. The molecule has 2 aromatic rings. The van der Waals surface area contributed by atoms with Crippen LogP contribution in [-0.2, 0) is 55.8 Å². The molecule has 9 nitrogen and oxygen atoms in total. The maximum atomic E-state index is 7.36. The molecular weight excluding hydrogens is 709 g/mol. The molecule has 15 atom stereocenters. The summed E-state index contributed by atoms with van der Waals surface area (Å²) < 4.78 is 62.1. The van der Waals surface area contributed by atoms with E-state index < -0.39 is 22.4 Å². The van der Waals surface area contributed by atoms with Gasteiger partial charge < -0.3 is 42.6 Å². The lowest BCUT2D eigenvalue weighted by Gasteiger charge is -2.59. The van der Waals surface area contributed by atoms with Gasteiger partial charge in [-0.25, -0.2) is 0 Å². The quantitative estimate of drug-likeness (QED) is 0.196. The highest BCUT2D eigenvalue weighted by molar-refractivity contribution is 5.18. The zero-order valence-electron chi connectivity index (χ0n) is 34.4. The summed E-state index contributed by atoms with van der Waals surface area (Å²) in [7, 11) is 0. The molecule has 0 bridgehead atoms. The van der Waals surface area contributed by atoms with Gasteiger partial charge in [0.05, 0.1) is 97.2 Å². The van der Waals surface area contributed by atoms with Gasteiger partial charge in [-0.1, -0.05) is 73.7 Å². The van der Waals surface area contributed by atoms with Crippen molar-refractivity contribution in [2.24, 2.45) is 5.92 Å². The summed E-state index contributed by atoms with van der Waals surface area (Å²) in [5.41, 5.74) is 1.53. The van der Waals surface area contributed by atoms with Gasteiger partial charge in [0, 0.05) is 38.7 Å². The fourth-order valence-electron chi connectivity index (χ4n) is 11.1. The molecule has 0 aromatic heterocycles. The minimum Gasteiger partial charge on any atom is -0.377 e. The Balaban J connectivity index is 0.911. The second-order valence-electron chi connectivity index (χ2n) is 19.0. The minimum atomic E-state index is -0.572. The number of ether oxygens (including phenoxy) is 9. The van der Waals surface area contributed by atoms with Crippen LogP contribution in [0.25, 0.3) is 0 Å². The van der Waals surface area contributed by atoms with Gasteiger partial charge in [0.15, 0.2) is 0 Å².